The Kier molecular flexibility index (Phi) is 2.65. The zero-order chi connectivity index (χ0) is 10.3. The van der Waals surface area contributed by atoms with E-state index in [-0.39, 0.29) is 0 Å². The Labute approximate surface area is 104 Å². The van der Waals surface area contributed by atoms with Crippen LogP contribution in [0.25, 0.3) is 5.70 Å². The summed E-state index contributed by atoms with van der Waals surface area (Å²) < 4.78 is 3.55. The maximum Gasteiger partial charge on any atom is 0.156 e. The summed E-state index contributed by atoms with van der Waals surface area (Å²) in [6, 6.07) is 2.01. The molecular formula is C8H7BrIN4. The second kappa shape index (κ2) is 3.65. The minimum absolute atomic E-state index is 0.734. The molecule has 1 radical (unpaired) electrons. The topological polar surface area (TPSA) is 44.3 Å². The standard InChI is InChI=1S/C8H7BrIN4/c1-4-3-6(10)13-14(4)7-5(2)11-12-8(7)9/h3H,1-2H3. The summed E-state index contributed by atoms with van der Waals surface area (Å²) in [5.74, 6) is 0. The van der Waals surface area contributed by atoms with Crippen molar-refractivity contribution in [2.45, 2.75) is 13.8 Å². The third kappa shape index (κ3) is 1.60. The third-order valence-electron chi connectivity index (χ3n) is 1.90. The van der Waals surface area contributed by atoms with Crippen LogP contribution in [0.3, 0.4) is 0 Å². The smallest absolute Gasteiger partial charge is 0.156 e. The lowest BCUT2D eigenvalue weighted by atomic mass is 10.3. The van der Waals surface area contributed by atoms with Crippen LogP contribution < -0.4 is 5.43 Å². The minimum atomic E-state index is 0.734. The van der Waals surface area contributed by atoms with Gasteiger partial charge in [-0.2, -0.15) is 10.5 Å². The first-order chi connectivity index (χ1) is 6.59. The van der Waals surface area contributed by atoms with Crippen LogP contribution in [-0.4, -0.2) is 14.4 Å². The number of rotatable bonds is 1. The fourth-order valence-electron chi connectivity index (χ4n) is 1.27. The molecule has 0 saturated heterocycles. The van der Waals surface area contributed by atoms with Crippen LogP contribution >= 0.6 is 38.5 Å². The molecule has 0 unspecified atom stereocenters. The second-order valence-electron chi connectivity index (χ2n) is 2.95. The Morgan fingerprint density at radius 2 is 2.14 bits per heavy atom. The van der Waals surface area contributed by atoms with Gasteiger partial charge in [-0.25, -0.2) is 4.68 Å². The molecular weight excluding hydrogens is 359 g/mol. The van der Waals surface area contributed by atoms with Crippen molar-refractivity contribution in [3.05, 3.63) is 21.2 Å². The fraction of sp³-hybridized carbons (Fsp3) is 0.250. The van der Waals surface area contributed by atoms with Crippen LogP contribution in [0.2, 0.25) is 0 Å². The summed E-state index contributed by atoms with van der Waals surface area (Å²) in [6.45, 7) is 3.93. The molecule has 6 heteroatoms. The Hall–Kier alpha value is -0.370. The first-order valence-electron chi connectivity index (χ1n) is 3.97. The molecule has 0 atom stereocenters. The highest BCUT2D eigenvalue weighted by atomic mass is 127. The van der Waals surface area contributed by atoms with E-state index in [2.05, 4.69) is 54.1 Å². The fourth-order valence-corrected chi connectivity index (χ4v) is 2.47. The lowest BCUT2D eigenvalue weighted by Gasteiger charge is -2.04. The van der Waals surface area contributed by atoms with Crippen LogP contribution in [0, 0.1) is 10.6 Å². The van der Waals surface area contributed by atoms with Crippen molar-refractivity contribution in [2.24, 2.45) is 5.10 Å². The molecule has 0 aliphatic carbocycles. The highest BCUT2D eigenvalue weighted by Crippen LogP contribution is 2.23. The molecule has 73 valence electrons. The molecule has 0 amide bonds. The van der Waals surface area contributed by atoms with Crippen LogP contribution in [0.4, 0.5) is 0 Å². The van der Waals surface area contributed by atoms with Gasteiger partial charge in [0.05, 0.1) is 5.70 Å². The molecule has 2 rings (SSSR count). The Bertz CT molecular complexity index is 446. The third-order valence-corrected chi connectivity index (χ3v) is 2.96. The van der Waals surface area contributed by atoms with E-state index < -0.39 is 0 Å². The highest BCUT2D eigenvalue weighted by molar-refractivity contribution is 14.1. The van der Waals surface area contributed by atoms with Crippen molar-refractivity contribution in [3.63, 3.8) is 0 Å². The van der Waals surface area contributed by atoms with E-state index in [1.54, 1.807) is 0 Å². The normalized spacial score (nSPS) is 15.9. The SMILES string of the molecule is CC1=C(n2nc(I)cc2C)C(Br)=N[N]1. The minimum Gasteiger partial charge on any atom is -0.232 e. The van der Waals surface area contributed by atoms with Gasteiger partial charge in [0.15, 0.2) is 4.62 Å². The van der Waals surface area contributed by atoms with E-state index in [1.165, 1.54) is 0 Å². The predicted molar refractivity (Wildman–Crippen MR) is 67.1 cm³/mol. The Balaban J connectivity index is 2.55. The van der Waals surface area contributed by atoms with Crippen molar-refractivity contribution in [3.8, 4) is 0 Å². The lowest BCUT2D eigenvalue weighted by molar-refractivity contribution is 0.845. The van der Waals surface area contributed by atoms with Gasteiger partial charge in [-0.3, -0.25) is 0 Å². The molecule has 2 heterocycles. The number of aromatic nitrogens is 2. The monoisotopic (exact) mass is 365 g/mol. The van der Waals surface area contributed by atoms with Gasteiger partial charge in [0, 0.05) is 5.69 Å². The number of aryl methyl sites for hydroxylation is 1. The summed E-state index contributed by atoms with van der Waals surface area (Å²) in [5.41, 5.74) is 6.86. The average molecular weight is 366 g/mol. The zero-order valence-electron chi connectivity index (χ0n) is 7.62. The van der Waals surface area contributed by atoms with E-state index in [4.69, 9.17) is 0 Å². The van der Waals surface area contributed by atoms with E-state index in [9.17, 15) is 0 Å². The number of hydrogen-bond acceptors (Lipinski definition) is 2. The molecule has 0 N–H and O–H groups in total. The molecule has 14 heavy (non-hydrogen) atoms. The molecule has 0 fully saturated rings. The first-order valence-corrected chi connectivity index (χ1v) is 5.85. The quantitative estimate of drug-likeness (QED) is 0.704. The van der Waals surface area contributed by atoms with Gasteiger partial charge in [0.1, 0.15) is 9.40 Å². The van der Waals surface area contributed by atoms with Gasteiger partial charge in [-0.15, -0.1) is 5.10 Å². The number of nitrogens with zero attached hydrogens (tertiary/aromatic N) is 4. The van der Waals surface area contributed by atoms with Crippen molar-refractivity contribution in [1.82, 2.24) is 15.2 Å². The Morgan fingerprint density at radius 3 is 2.57 bits per heavy atom. The van der Waals surface area contributed by atoms with Gasteiger partial charge in [0.25, 0.3) is 0 Å². The summed E-state index contributed by atoms with van der Waals surface area (Å²) in [4.78, 5) is 0. The van der Waals surface area contributed by atoms with Gasteiger partial charge < -0.3 is 0 Å². The second-order valence-corrected chi connectivity index (χ2v) is 4.80. The maximum absolute atomic E-state index is 4.37. The summed E-state index contributed by atoms with van der Waals surface area (Å²) in [7, 11) is 0. The number of allylic oxidation sites excluding steroid dienone is 2. The van der Waals surface area contributed by atoms with Crippen LogP contribution in [0.5, 0.6) is 0 Å². The summed E-state index contributed by atoms with van der Waals surface area (Å²) in [6.07, 6.45) is 0. The molecule has 0 aromatic carbocycles. The van der Waals surface area contributed by atoms with Crippen molar-refractivity contribution < 1.29 is 0 Å². The van der Waals surface area contributed by atoms with Crippen LogP contribution in [0.15, 0.2) is 16.9 Å². The van der Waals surface area contributed by atoms with E-state index in [1.807, 2.05) is 24.6 Å². The molecule has 1 aliphatic heterocycles. The van der Waals surface area contributed by atoms with Gasteiger partial charge in [-0.05, 0) is 58.4 Å². The number of halogens is 2. The van der Waals surface area contributed by atoms with E-state index in [0.29, 0.717) is 0 Å². The molecule has 0 spiro atoms. The molecule has 4 nitrogen and oxygen atoms in total. The Morgan fingerprint density at radius 1 is 1.43 bits per heavy atom. The summed E-state index contributed by atoms with van der Waals surface area (Å²) in [5, 5.41) is 8.31. The van der Waals surface area contributed by atoms with Gasteiger partial charge >= 0.3 is 0 Å². The van der Waals surface area contributed by atoms with Crippen molar-refractivity contribution >= 4 is 48.8 Å². The van der Waals surface area contributed by atoms with Crippen molar-refractivity contribution in [2.75, 3.05) is 0 Å². The van der Waals surface area contributed by atoms with Gasteiger partial charge in [-0.1, -0.05) is 0 Å². The van der Waals surface area contributed by atoms with E-state index in [0.717, 1.165) is 25.4 Å². The van der Waals surface area contributed by atoms with Crippen molar-refractivity contribution in [1.29, 1.82) is 0 Å². The summed E-state index contributed by atoms with van der Waals surface area (Å²) >= 11 is 5.55. The number of hydrogen-bond donors (Lipinski definition) is 0. The molecule has 0 saturated carbocycles. The van der Waals surface area contributed by atoms with Gasteiger partial charge in [0.2, 0.25) is 0 Å². The maximum atomic E-state index is 4.37. The average Bonchev–Trinajstić information content (AvgIpc) is 2.57. The van der Waals surface area contributed by atoms with Crippen LogP contribution in [0.1, 0.15) is 12.6 Å². The molecule has 1 aromatic rings. The van der Waals surface area contributed by atoms with E-state index >= 15 is 0 Å². The molecule has 1 aromatic heterocycles. The molecule has 0 bridgehead atoms. The first kappa shape index (κ1) is 10.2. The highest BCUT2D eigenvalue weighted by Gasteiger charge is 2.20. The predicted octanol–water partition coefficient (Wildman–Crippen LogP) is 2.31. The molecule has 1 aliphatic rings. The largest absolute Gasteiger partial charge is 0.232 e. The lowest BCUT2D eigenvalue weighted by Crippen LogP contribution is -2.06. The zero-order valence-corrected chi connectivity index (χ0v) is 11.4. The van der Waals surface area contributed by atoms with Crippen LogP contribution in [-0.2, 0) is 0 Å².